The molecule has 0 aliphatic carbocycles. The summed E-state index contributed by atoms with van der Waals surface area (Å²) in [7, 11) is 1.72. The molecular formula is C23H34N4O2S. The van der Waals surface area contributed by atoms with Gasteiger partial charge in [-0.2, -0.15) is 0 Å². The lowest BCUT2D eigenvalue weighted by atomic mass is 10.1. The minimum Gasteiger partial charge on any atom is -0.496 e. The lowest BCUT2D eigenvalue weighted by molar-refractivity contribution is -0.0327. The number of nitrogens with zero attached hydrogens (tertiary/aromatic N) is 2. The third-order valence-electron chi connectivity index (χ3n) is 5.23. The van der Waals surface area contributed by atoms with Crippen molar-refractivity contribution in [2.45, 2.75) is 32.4 Å². The minimum absolute atomic E-state index is 0.261. The number of hydrogen-bond donors (Lipinski definition) is 2. The van der Waals surface area contributed by atoms with Crippen molar-refractivity contribution in [3.05, 3.63) is 52.2 Å². The Morgan fingerprint density at radius 2 is 2.17 bits per heavy atom. The van der Waals surface area contributed by atoms with E-state index >= 15 is 0 Å². The average Bonchev–Trinajstić information content (AvgIpc) is 3.29. The normalized spacial score (nSPS) is 18.8. The maximum atomic E-state index is 5.74. The zero-order valence-corrected chi connectivity index (χ0v) is 19.1. The molecule has 1 saturated heterocycles. The van der Waals surface area contributed by atoms with Crippen molar-refractivity contribution >= 4 is 17.3 Å². The van der Waals surface area contributed by atoms with Crippen LogP contribution in [0.2, 0.25) is 0 Å². The maximum Gasteiger partial charge on any atom is 0.191 e. The van der Waals surface area contributed by atoms with Crippen LogP contribution in [0, 0.1) is 0 Å². The summed E-state index contributed by atoms with van der Waals surface area (Å²) < 4.78 is 11.2. The highest BCUT2D eigenvalue weighted by Crippen LogP contribution is 2.27. The molecule has 0 bridgehead atoms. The number of morpholine rings is 1. The van der Waals surface area contributed by atoms with Gasteiger partial charge in [-0.25, -0.2) is 0 Å². The van der Waals surface area contributed by atoms with Crippen molar-refractivity contribution in [3.8, 4) is 5.75 Å². The van der Waals surface area contributed by atoms with Gasteiger partial charge in [0.05, 0.1) is 32.4 Å². The van der Waals surface area contributed by atoms with Gasteiger partial charge in [0.2, 0.25) is 0 Å². The maximum absolute atomic E-state index is 5.74. The van der Waals surface area contributed by atoms with Gasteiger partial charge in [-0.3, -0.25) is 9.89 Å². The highest BCUT2D eigenvalue weighted by molar-refractivity contribution is 7.10. The van der Waals surface area contributed by atoms with Gasteiger partial charge in [0.1, 0.15) is 5.75 Å². The van der Waals surface area contributed by atoms with Crippen molar-refractivity contribution < 1.29 is 9.47 Å². The lowest BCUT2D eigenvalue weighted by Crippen LogP contribution is -2.44. The Balaban J connectivity index is 1.63. The van der Waals surface area contributed by atoms with E-state index in [1.54, 1.807) is 18.4 Å². The Kier molecular flexibility index (Phi) is 8.99. The monoisotopic (exact) mass is 430 g/mol. The second kappa shape index (κ2) is 11.9. The van der Waals surface area contributed by atoms with Crippen molar-refractivity contribution in [3.63, 3.8) is 0 Å². The predicted octanol–water partition coefficient (Wildman–Crippen LogP) is 3.32. The van der Waals surface area contributed by atoms with Crippen molar-refractivity contribution in [1.29, 1.82) is 0 Å². The molecule has 30 heavy (non-hydrogen) atoms. The fraction of sp³-hybridized carbons (Fsp3) is 0.522. The fourth-order valence-corrected chi connectivity index (χ4v) is 4.59. The molecule has 164 valence electrons. The summed E-state index contributed by atoms with van der Waals surface area (Å²) >= 11 is 1.80. The summed E-state index contributed by atoms with van der Waals surface area (Å²) in [6.07, 6.45) is 1.14. The molecule has 3 rings (SSSR count). The van der Waals surface area contributed by atoms with Gasteiger partial charge >= 0.3 is 0 Å². The molecule has 7 heteroatoms. The molecule has 1 aliphatic rings. The van der Waals surface area contributed by atoms with Crippen LogP contribution in [0.15, 0.2) is 46.8 Å². The Hall–Kier alpha value is -2.09. The van der Waals surface area contributed by atoms with Crippen LogP contribution in [-0.4, -0.2) is 63.4 Å². The second-order valence-corrected chi connectivity index (χ2v) is 8.40. The number of benzene rings is 1. The first-order valence-corrected chi connectivity index (χ1v) is 11.6. The van der Waals surface area contributed by atoms with Gasteiger partial charge in [-0.15, -0.1) is 11.3 Å². The summed E-state index contributed by atoms with van der Waals surface area (Å²) in [5.41, 5.74) is 1.20. The Morgan fingerprint density at radius 3 is 2.90 bits per heavy atom. The smallest absolute Gasteiger partial charge is 0.191 e. The van der Waals surface area contributed by atoms with E-state index in [0.717, 1.165) is 57.5 Å². The van der Waals surface area contributed by atoms with Crippen molar-refractivity contribution in [1.82, 2.24) is 15.5 Å². The molecule has 1 aliphatic heterocycles. The summed E-state index contributed by atoms with van der Waals surface area (Å²) in [5.74, 6) is 1.79. The van der Waals surface area contributed by atoms with Gasteiger partial charge in [0.25, 0.3) is 0 Å². The van der Waals surface area contributed by atoms with E-state index in [4.69, 9.17) is 14.5 Å². The summed E-state index contributed by atoms with van der Waals surface area (Å²) in [5, 5.41) is 9.00. The summed E-state index contributed by atoms with van der Waals surface area (Å²) in [6.45, 7) is 9.25. The molecule has 2 unspecified atom stereocenters. The number of para-hydroxylation sites is 1. The number of hydrogen-bond acceptors (Lipinski definition) is 5. The summed E-state index contributed by atoms with van der Waals surface area (Å²) in [4.78, 5) is 8.79. The van der Waals surface area contributed by atoms with Crippen LogP contribution in [0.1, 0.15) is 30.3 Å². The van der Waals surface area contributed by atoms with E-state index < -0.39 is 0 Å². The first kappa shape index (κ1) is 22.6. The minimum atomic E-state index is 0.261. The van der Waals surface area contributed by atoms with E-state index in [1.807, 2.05) is 18.2 Å². The highest BCUT2D eigenvalue weighted by atomic mass is 32.1. The average molecular weight is 431 g/mol. The molecule has 2 aromatic rings. The SMILES string of the molecule is CCNC(=NCC(c1cccs1)N1CCOC(C)C1)NCCc1ccccc1OC. The molecule has 2 N–H and O–H groups in total. The van der Waals surface area contributed by atoms with E-state index in [2.05, 4.69) is 53.0 Å². The van der Waals surface area contributed by atoms with Crippen LogP contribution >= 0.6 is 11.3 Å². The summed E-state index contributed by atoms with van der Waals surface area (Å²) in [6, 6.07) is 12.8. The number of guanidine groups is 1. The van der Waals surface area contributed by atoms with Gasteiger partial charge in [-0.1, -0.05) is 24.3 Å². The topological polar surface area (TPSA) is 58.1 Å². The van der Waals surface area contributed by atoms with Gasteiger partial charge in [-0.05, 0) is 43.3 Å². The van der Waals surface area contributed by atoms with E-state index in [0.29, 0.717) is 0 Å². The van der Waals surface area contributed by atoms with Crippen LogP contribution in [0.5, 0.6) is 5.75 Å². The number of rotatable bonds is 9. The van der Waals surface area contributed by atoms with E-state index in [1.165, 1.54) is 10.4 Å². The third kappa shape index (κ3) is 6.45. The molecular weight excluding hydrogens is 396 g/mol. The highest BCUT2D eigenvalue weighted by Gasteiger charge is 2.26. The van der Waals surface area contributed by atoms with Crippen LogP contribution in [-0.2, 0) is 11.2 Å². The molecule has 2 heterocycles. The van der Waals surface area contributed by atoms with Crippen molar-refractivity contribution in [2.75, 3.05) is 46.4 Å². The Morgan fingerprint density at radius 1 is 1.30 bits per heavy atom. The fourth-order valence-electron chi connectivity index (χ4n) is 3.74. The van der Waals surface area contributed by atoms with Crippen LogP contribution in [0.4, 0.5) is 0 Å². The zero-order chi connectivity index (χ0) is 21.2. The largest absolute Gasteiger partial charge is 0.496 e. The third-order valence-corrected chi connectivity index (χ3v) is 6.20. The van der Waals surface area contributed by atoms with Gasteiger partial charge in [0.15, 0.2) is 5.96 Å². The number of thiophene rings is 1. The molecule has 1 fully saturated rings. The Labute approximate surface area is 184 Å². The van der Waals surface area contributed by atoms with Crippen LogP contribution in [0.25, 0.3) is 0 Å². The molecule has 1 aromatic heterocycles. The number of aliphatic imine (C=N–C) groups is 1. The molecule has 0 amide bonds. The second-order valence-electron chi connectivity index (χ2n) is 7.42. The van der Waals surface area contributed by atoms with Gasteiger partial charge in [0, 0.05) is 31.1 Å². The molecule has 6 nitrogen and oxygen atoms in total. The number of ether oxygens (including phenoxy) is 2. The standard InChI is InChI=1S/C23H34N4O2S/c1-4-24-23(25-12-11-19-8-5-6-9-21(19)28-3)26-16-20(22-10-7-15-30-22)27-13-14-29-18(2)17-27/h5-10,15,18,20H,4,11-14,16-17H2,1-3H3,(H2,24,25,26). The predicted molar refractivity (Wildman–Crippen MR) is 125 cm³/mol. The first-order valence-electron chi connectivity index (χ1n) is 10.7. The first-order chi connectivity index (χ1) is 14.7. The number of nitrogens with one attached hydrogen (secondary N) is 2. The van der Waals surface area contributed by atoms with Crippen molar-refractivity contribution in [2.24, 2.45) is 4.99 Å². The lowest BCUT2D eigenvalue weighted by Gasteiger charge is -2.36. The molecule has 0 saturated carbocycles. The molecule has 2 atom stereocenters. The number of methoxy groups -OCH3 is 1. The van der Waals surface area contributed by atoms with Crippen LogP contribution < -0.4 is 15.4 Å². The zero-order valence-electron chi connectivity index (χ0n) is 18.3. The van der Waals surface area contributed by atoms with E-state index in [-0.39, 0.29) is 12.1 Å². The molecule has 1 aromatic carbocycles. The molecule has 0 spiro atoms. The molecule has 0 radical (unpaired) electrons. The van der Waals surface area contributed by atoms with Gasteiger partial charge < -0.3 is 20.1 Å². The Bertz CT molecular complexity index is 781. The van der Waals surface area contributed by atoms with Crippen LogP contribution in [0.3, 0.4) is 0 Å². The quantitative estimate of drug-likeness (QED) is 0.472. The van der Waals surface area contributed by atoms with E-state index in [9.17, 15) is 0 Å².